The highest BCUT2D eigenvalue weighted by Crippen LogP contribution is 2.63. The molecule has 2 saturated carbocycles. The van der Waals surface area contributed by atoms with E-state index in [4.69, 9.17) is 9.47 Å². The zero-order chi connectivity index (χ0) is 18.4. The van der Waals surface area contributed by atoms with Crippen molar-refractivity contribution in [3.8, 4) is 0 Å². The first kappa shape index (κ1) is 19.2. The summed E-state index contributed by atoms with van der Waals surface area (Å²) in [7, 11) is 0. The van der Waals surface area contributed by atoms with Crippen molar-refractivity contribution >= 4 is 5.97 Å². The SMILES string of the molecule is CCC1OC(CC)C2C3CC(CC3C(C)C(=O)OC(C)(CC)CC)C12. The molecule has 8 atom stereocenters. The molecule has 3 heteroatoms. The quantitative estimate of drug-likeness (QED) is 0.591. The van der Waals surface area contributed by atoms with Crippen molar-refractivity contribution in [2.45, 2.75) is 97.9 Å². The average Bonchev–Trinajstić information content (AvgIpc) is 3.30. The van der Waals surface area contributed by atoms with Gasteiger partial charge in [0.1, 0.15) is 5.60 Å². The Hall–Kier alpha value is -0.570. The first-order valence-corrected chi connectivity index (χ1v) is 10.8. The van der Waals surface area contributed by atoms with Crippen LogP contribution in [0.5, 0.6) is 0 Å². The molecule has 0 amide bonds. The van der Waals surface area contributed by atoms with Crippen LogP contribution < -0.4 is 0 Å². The van der Waals surface area contributed by atoms with E-state index in [0.29, 0.717) is 30.0 Å². The minimum atomic E-state index is -0.304. The number of rotatable bonds is 7. The van der Waals surface area contributed by atoms with Crippen LogP contribution in [0.1, 0.15) is 80.1 Å². The maximum Gasteiger partial charge on any atom is 0.309 e. The first-order valence-electron chi connectivity index (χ1n) is 10.8. The van der Waals surface area contributed by atoms with Crippen molar-refractivity contribution in [2.75, 3.05) is 0 Å². The summed E-state index contributed by atoms with van der Waals surface area (Å²) in [6.45, 7) is 12.9. The van der Waals surface area contributed by atoms with Crippen LogP contribution in [-0.2, 0) is 14.3 Å². The fourth-order valence-electron chi connectivity index (χ4n) is 6.20. The highest BCUT2D eigenvalue weighted by molar-refractivity contribution is 5.73. The highest BCUT2D eigenvalue weighted by Gasteiger charge is 2.61. The van der Waals surface area contributed by atoms with Gasteiger partial charge in [-0.3, -0.25) is 4.79 Å². The number of hydrogen-bond acceptors (Lipinski definition) is 3. The summed E-state index contributed by atoms with van der Waals surface area (Å²) in [6.07, 6.45) is 7.38. The molecule has 2 bridgehead atoms. The van der Waals surface area contributed by atoms with Crippen LogP contribution in [0.4, 0.5) is 0 Å². The molecule has 2 aliphatic carbocycles. The molecule has 0 radical (unpaired) electrons. The number of ether oxygens (including phenoxy) is 2. The van der Waals surface area contributed by atoms with E-state index < -0.39 is 0 Å². The van der Waals surface area contributed by atoms with Crippen molar-refractivity contribution in [3.05, 3.63) is 0 Å². The van der Waals surface area contributed by atoms with Gasteiger partial charge in [0, 0.05) is 0 Å². The number of carbonyl (C=O) groups excluding carboxylic acids is 1. The summed E-state index contributed by atoms with van der Waals surface area (Å²) < 4.78 is 12.4. The lowest BCUT2D eigenvalue weighted by molar-refractivity contribution is -0.166. The van der Waals surface area contributed by atoms with Crippen LogP contribution in [0.15, 0.2) is 0 Å². The van der Waals surface area contributed by atoms with E-state index in [2.05, 4.69) is 41.5 Å². The third-order valence-corrected chi connectivity index (χ3v) is 8.05. The summed E-state index contributed by atoms with van der Waals surface area (Å²) >= 11 is 0. The lowest BCUT2D eigenvalue weighted by atomic mass is 9.67. The van der Waals surface area contributed by atoms with Crippen molar-refractivity contribution in [1.82, 2.24) is 0 Å². The van der Waals surface area contributed by atoms with Crippen LogP contribution in [-0.4, -0.2) is 23.8 Å². The number of esters is 1. The van der Waals surface area contributed by atoms with Gasteiger partial charge in [0.25, 0.3) is 0 Å². The van der Waals surface area contributed by atoms with E-state index in [-0.39, 0.29) is 17.5 Å². The van der Waals surface area contributed by atoms with Crippen molar-refractivity contribution < 1.29 is 14.3 Å². The average molecular weight is 351 g/mol. The molecule has 144 valence electrons. The molecule has 0 spiro atoms. The minimum Gasteiger partial charge on any atom is -0.459 e. The van der Waals surface area contributed by atoms with E-state index >= 15 is 0 Å². The minimum absolute atomic E-state index is 0.0200. The molecule has 0 aromatic rings. The molecule has 3 rings (SSSR count). The Bertz CT molecular complexity index is 484. The fraction of sp³-hybridized carbons (Fsp3) is 0.955. The van der Waals surface area contributed by atoms with Gasteiger partial charge in [0.2, 0.25) is 0 Å². The third-order valence-electron chi connectivity index (χ3n) is 8.05. The molecular formula is C22H38O3. The largest absolute Gasteiger partial charge is 0.459 e. The van der Waals surface area contributed by atoms with Crippen LogP contribution >= 0.6 is 0 Å². The molecule has 25 heavy (non-hydrogen) atoms. The van der Waals surface area contributed by atoms with Gasteiger partial charge in [-0.2, -0.15) is 0 Å². The third kappa shape index (κ3) is 3.15. The lowest BCUT2D eigenvalue weighted by Gasteiger charge is -2.37. The second-order valence-corrected chi connectivity index (χ2v) is 9.11. The molecule has 0 N–H and O–H groups in total. The predicted molar refractivity (Wildman–Crippen MR) is 100 cm³/mol. The van der Waals surface area contributed by atoms with Gasteiger partial charge in [-0.1, -0.05) is 34.6 Å². The second-order valence-electron chi connectivity index (χ2n) is 9.11. The van der Waals surface area contributed by atoms with Crippen LogP contribution in [0.2, 0.25) is 0 Å². The molecule has 1 heterocycles. The standard InChI is InChI=1S/C22H38O3/c1-7-17-19-14-11-15(16(12-14)20(19)18(8-2)24-17)13(5)21(23)25-22(6,9-3)10-4/h13-20H,7-12H2,1-6H3. The van der Waals surface area contributed by atoms with Gasteiger partial charge in [-0.25, -0.2) is 0 Å². The Morgan fingerprint density at radius 3 is 2.24 bits per heavy atom. The zero-order valence-corrected chi connectivity index (χ0v) is 17.1. The fourth-order valence-corrected chi connectivity index (χ4v) is 6.20. The topological polar surface area (TPSA) is 35.5 Å². The molecule has 3 fully saturated rings. The maximum atomic E-state index is 12.9. The molecule has 0 aromatic heterocycles. The van der Waals surface area contributed by atoms with E-state index in [1.165, 1.54) is 12.8 Å². The molecule has 3 nitrogen and oxygen atoms in total. The summed E-state index contributed by atoms with van der Waals surface area (Å²) in [5.74, 6) is 3.39. The van der Waals surface area contributed by atoms with E-state index in [0.717, 1.165) is 37.5 Å². The Labute approximate surface area is 154 Å². The molecule has 1 saturated heterocycles. The van der Waals surface area contributed by atoms with Crippen LogP contribution in [0.3, 0.4) is 0 Å². The van der Waals surface area contributed by atoms with Gasteiger partial charge in [0.15, 0.2) is 0 Å². The van der Waals surface area contributed by atoms with Crippen molar-refractivity contribution in [1.29, 1.82) is 0 Å². The molecule has 1 aliphatic heterocycles. The Morgan fingerprint density at radius 1 is 1.08 bits per heavy atom. The molecule has 8 unspecified atom stereocenters. The first-order chi connectivity index (χ1) is 11.9. The second kappa shape index (κ2) is 7.21. The summed E-state index contributed by atoms with van der Waals surface area (Å²) in [4.78, 5) is 12.9. The molecule has 0 aromatic carbocycles. The van der Waals surface area contributed by atoms with Crippen LogP contribution in [0, 0.1) is 35.5 Å². The zero-order valence-electron chi connectivity index (χ0n) is 17.1. The van der Waals surface area contributed by atoms with E-state index in [1.54, 1.807) is 0 Å². The Balaban J connectivity index is 1.70. The molecular weight excluding hydrogens is 312 g/mol. The monoisotopic (exact) mass is 350 g/mol. The summed E-state index contributed by atoms with van der Waals surface area (Å²) in [5.41, 5.74) is -0.304. The van der Waals surface area contributed by atoms with E-state index in [9.17, 15) is 4.79 Å². The Morgan fingerprint density at radius 2 is 1.68 bits per heavy atom. The maximum absolute atomic E-state index is 12.9. The smallest absolute Gasteiger partial charge is 0.309 e. The Kier molecular flexibility index (Phi) is 5.54. The van der Waals surface area contributed by atoms with Gasteiger partial charge in [0.05, 0.1) is 18.1 Å². The van der Waals surface area contributed by atoms with Crippen molar-refractivity contribution in [3.63, 3.8) is 0 Å². The van der Waals surface area contributed by atoms with Gasteiger partial charge < -0.3 is 9.47 Å². The molecule has 3 aliphatic rings. The summed E-state index contributed by atoms with van der Waals surface area (Å²) in [5, 5.41) is 0. The van der Waals surface area contributed by atoms with E-state index in [1.807, 2.05) is 0 Å². The number of fused-ring (bicyclic) bond motifs is 5. The van der Waals surface area contributed by atoms with Gasteiger partial charge in [-0.15, -0.1) is 0 Å². The number of hydrogen-bond donors (Lipinski definition) is 0. The number of carbonyl (C=O) groups is 1. The predicted octanol–water partition coefficient (Wildman–Crippen LogP) is 5.22. The van der Waals surface area contributed by atoms with Crippen LogP contribution in [0.25, 0.3) is 0 Å². The highest BCUT2D eigenvalue weighted by atomic mass is 16.6. The van der Waals surface area contributed by atoms with Gasteiger partial charge >= 0.3 is 5.97 Å². The lowest BCUT2D eigenvalue weighted by Crippen LogP contribution is -2.40. The van der Waals surface area contributed by atoms with Gasteiger partial charge in [-0.05, 0) is 75.0 Å². The van der Waals surface area contributed by atoms with Crippen molar-refractivity contribution in [2.24, 2.45) is 35.5 Å². The summed E-state index contributed by atoms with van der Waals surface area (Å²) in [6, 6.07) is 0. The normalized spacial score (nSPS) is 41.0.